The Morgan fingerprint density at radius 2 is 0.837 bits per heavy atom. The molecule has 0 aliphatic heterocycles. The van der Waals surface area contributed by atoms with Gasteiger partial charge < -0.3 is 4.57 Å². The summed E-state index contributed by atoms with van der Waals surface area (Å²) in [5.74, 6) is 0. The monoisotopic (exact) mass is 545 g/mol. The summed E-state index contributed by atoms with van der Waals surface area (Å²) in [5, 5.41) is 10.2. The van der Waals surface area contributed by atoms with Crippen molar-refractivity contribution in [1.82, 2.24) is 4.57 Å². The Balaban J connectivity index is 1.35. The van der Waals surface area contributed by atoms with Crippen LogP contribution in [0.4, 0.5) is 0 Å². The van der Waals surface area contributed by atoms with Crippen LogP contribution in [-0.4, -0.2) is 4.57 Å². The third kappa shape index (κ3) is 3.79. The summed E-state index contributed by atoms with van der Waals surface area (Å²) in [6.45, 7) is 0. The molecule has 0 amide bonds. The second-order valence-electron chi connectivity index (χ2n) is 11.4. The molecule has 43 heavy (non-hydrogen) atoms. The molecule has 1 aromatic heterocycles. The predicted octanol–water partition coefficient (Wildman–Crippen LogP) is 11.6. The summed E-state index contributed by atoms with van der Waals surface area (Å²) >= 11 is 0. The molecule has 0 saturated heterocycles. The first-order valence-electron chi connectivity index (χ1n) is 14.9. The van der Waals surface area contributed by atoms with E-state index in [0.29, 0.717) is 0 Å². The van der Waals surface area contributed by atoms with Crippen LogP contribution in [0.3, 0.4) is 0 Å². The highest BCUT2D eigenvalue weighted by Crippen LogP contribution is 2.38. The van der Waals surface area contributed by atoms with Gasteiger partial charge in [-0.3, -0.25) is 0 Å². The van der Waals surface area contributed by atoms with Gasteiger partial charge in [-0.25, -0.2) is 0 Å². The molecule has 9 aromatic rings. The molecule has 0 N–H and O–H groups in total. The highest BCUT2D eigenvalue weighted by atomic mass is 15.0. The molecule has 0 unspecified atom stereocenters. The van der Waals surface area contributed by atoms with Crippen LogP contribution in [0.5, 0.6) is 0 Å². The number of rotatable bonds is 3. The van der Waals surface area contributed by atoms with Crippen LogP contribution in [0.2, 0.25) is 0 Å². The highest BCUT2D eigenvalue weighted by molar-refractivity contribution is 6.20. The topological polar surface area (TPSA) is 4.93 Å². The number of benzene rings is 8. The lowest BCUT2D eigenvalue weighted by Crippen LogP contribution is -1.96. The van der Waals surface area contributed by atoms with Gasteiger partial charge in [0.25, 0.3) is 0 Å². The van der Waals surface area contributed by atoms with Crippen molar-refractivity contribution >= 4 is 54.1 Å². The molecule has 200 valence electrons. The van der Waals surface area contributed by atoms with E-state index in [9.17, 15) is 0 Å². The van der Waals surface area contributed by atoms with Gasteiger partial charge in [0.2, 0.25) is 0 Å². The maximum Gasteiger partial charge on any atom is 0.0541 e. The van der Waals surface area contributed by atoms with Crippen molar-refractivity contribution in [1.29, 1.82) is 0 Å². The average molecular weight is 546 g/mol. The Bertz CT molecular complexity index is 2440. The van der Waals surface area contributed by atoms with Gasteiger partial charge in [0, 0.05) is 16.5 Å². The molecule has 9 rings (SSSR count). The minimum Gasteiger partial charge on any atom is -0.309 e. The molecule has 1 nitrogen and oxygen atoms in total. The summed E-state index contributed by atoms with van der Waals surface area (Å²) in [5.41, 5.74) is 8.44. The van der Waals surface area contributed by atoms with Crippen LogP contribution >= 0.6 is 0 Å². The maximum absolute atomic E-state index is 2.42. The number of fused-ring (bicyclic) bond motifs is 8. The molecule has 0 spiro atoms. The third-order valence-corrected chi connectivity index (χ3v) is 8.92. The van der Waals surface area contributed by atoms with Gasteiger partial charge in [-0.1, -0.05) is 127 Å². The number of aromatic nitrogens is 1. The maximum atomic E-state index is 2.42. The van der Waals surface area contributed by atoms with Gasteiger partial charge in [-0.05, 0) is 91.0 Å². The zero-order valence-corrected chi connectivity index (χ0v) is 23.5. The summed E-state index contributed by atoms with van der Waals surface area (Å²) in [7, 11) is 0. The second-order valence-corrected chi connectivity index (χ2v) is 11.4. The molecule has 1 heterocycles. The Kier molecular flexibility index (Phi) is 5.27. The fourth-order valence-electron chi connectivity index (χ4n) is 6.91. The quantitative estimate of drug-likeness (QED) is 0.195. The van der Waals surface area contributed by atoms with E-state index in [0.717, 1.165) is 5.69 Å². The van der Waals surface area contributed by atoms with Gasteiger partial charge in [-0.15, -0.1) is 0 Å². The average Bonchev–Trinajstić information content (AvgIpc) is 3.42. The molecule has 8 aromatic carbocycles. The first-order valence-corrected chi connectivity index (χ1v) is 14.9. The highest BCUT2D eigenvalue weighted by Gasteiger charge is 2.15. The minimum absolute atomic E-state index is 1.16. The number of hydrogen-bond donors (Lipinski definition) is 0. The van der Waals surface area contributed by atoms with E-state index in [4.69, 9.17) is 0 Å². The van der Waals surface area contributed by atoms with Crippen molar-refractivity contribution in [3.05, 3.63) is 164 Å². The van der Waals surface area contributed by atoms with E-state index in [1.54, 1.807) is 0 Å². The first-order chi connectivity index (χ1) is 21.3. The lowest BCUT2D eigenvalue weighted by Gasteiger charge is -2.15. The Morgan fingerprint density at radius 3 is 1.56 bits per heavy atom. The fraction of sp³-hybridized carbons (Fsp3) is 0. The van der Waals surface area contributed by atoms with Crippen molar-refractivity contribution in [2.45, 2.75) is 0 Å². The normalized spacial score (nSPS) is 11.7. The molecular formula is C42H27N. The molecule has 0 aliphatic rings. The third-order valence-electron chi connectivity index (χ3n) is 8.92. The van der Waals surface area contributed by atoms with Crippen molar-refractivity contribution in [2.75, 3.05) is 0 Å². The molecule has 0 atom stereocenters. The van der Waals surface area contributed by atoms with Crippen molar-refractivity contribution in [3.8, 4) is 27.9 Å². The predicted molar refractivity (Wildman–Crippen MR) is 184 cm³/mol. The summed E-state index contributed by atoms with van der Waals surface area (Å²) < 4.78 is 2.42. The van der Waals surface area contributed by atoms with E-state index >= 15 is 0 Å². The Labute approximate surface area is 249 Å². The van der Waals surface area contributed by atoms with E-state index in [-0.39, 0.29) is 0 Å². The van der Waals surface area contributed by atoms with E-state index < -0.39 is 0 Å². The van der Waals surface area contributed by atoms with E-state index in [2.05, 4.69) is 168 Å². The first kappa shape index (κ1) is 24.0. The zero-order chi connectivity index (χ0) is 28.3. The van der Waals surface area contributed by atoms with Gasteiger partial charge in [-0.2, -0.15) is 0 Å². The van der Waals surface area contributed by atoms with Crippen molar-refractivity contribution < 1.29 is 0 Å². The van der Waals surface area contributed by atoms with Crippen molar-refractivity contribution in [3.63, 3.8) is 0 Å². The van der Waals surface area contributed by atoms with Crippen LogP contribution in [0, 0.1) is 0 Å². The number of nitrogens with zero attached hydrogens (tertiary/aromatic N) is 1. The SMILES string of the molecule is c1ccc(-c2cc(-c3ccc4ccc5ccc6ccccc6c5c4c3)cc(-n3c4ccccc4c4ccccc43)c2)cc1. The van der Waals surface area contributed by atoms with E-state index in [1.165, 1.54) is 76.4 Å². The lowest BCUT2D eigenvalue weighted by atomic mass is 9.92. The summed E-state index contributed by atoms with van der Waals surface area (Å²) in [4.78, 5) is 0. The smallest absolute Gasteiger partial charge is 0.0541 e. The van der Waals surface area contributed by atoms with Crippen LogP contribution in [0.15, 0.2) is 164 Å². The van der Waals surface area contributed by atoms with Gasteiger partial charge >= 0.3 is 0 Å². The van der Waals surface area contributed by atoms with Crippen LogP contribution < -0.4 is 0 Å². The van der Waals surface area contributed by atoms with Gasteiger partial charge in [0.15, 0.2) is 0 Å². The van der Waals surface area contributed by atoms with Gasteiger partial charge in [0.1, 0.15) is 0 Å². The molecular weight excluding hydrogens is 518 g/mol. The Hall–Kier alpha value is -5.66. The van der Waals surface area contributed by atoms with Crippen molar-refractivity contribution in [2.24, 2.45) is 0 Å². The van der Waals surface area contributed by atoms with Crippen LogP contribution in [0.25, 0.3) is 82.1 Å². The molecule has 0 radical (unpaired) electrons. The van der Waals surface area contributed by atoms with Gasteiger partial charge in [0.05, 0.1) is 11.0 Å². The van der Waals surface area contributed by atoms with E-state index in [1.807, 2.05) is 0 Å². The summed E-state index contributed by atoms with van der Waals surface area (Å²) in [6, 6.07) is 59.9. The molecule has 0 saturated carbocycles. The lowest BCUT2D eigenvalue weighted by molar-refractivity contribution is 1.18. The standard InChI is InChI=1S/C42H27N/c1-2-10-28(11-3-1)33-24-34(26-35(25-33)43-40-16-8-6-14-37(40)38-15-7-9-17-41(38)43)32-23-20-30-19-22-31-21-18-29-12-4-5-13-36(29)42(31)39(30)27-32/h1-27H. The molecule has 0 bridgehead atoms. The molecule has 1 heteroatoms. The van der Waals surface area contributed by atoms with Crippen LogP contribution in [0.1, 0.15) is 0 Å². The number of hydrogen-bond acceptors (Lipinski definition) is 0. The summed E-state index contributed by atoms with van der Waals surface area (Å²) in [6.07, 6.45) is 0. The Morgan fingerprint density at radius 1 is 0.302 bits per heavy atom. The fourth-order valence-corrected chi connectivity index (χ4v) is 6.91. The second kappa shape index (κ2) is 9.44. The van der Waals surface area contributed by atoms with Crippen LogP contribution in [-0.2, 0) is 0 Å². The molecule has 0 aliphatic carbocycles. The molecule has 0 fully saturated rings. The zero-order valence-electron chi connectivity index (χ0n) is 23.5. The largest absolute Gasteiger partial charge is 0.309 e. The number of para-hydroxylation sites is 2. The minimum atomic E-state index is 1.16.